The molecule has 15 heavy (non-hydrogen) atoms. The summed E-state index contributed by atoms with van der Waals surface area (Å²) >= 11 is 0. The van der Waals surface area contributed by atoms with E-state index >= 15 is 0 Å². The summed E-state index contributed by atoms with van der Waals surface area (Å²) in [6.45, 7) is 0. The summed E-state index contributed by atoms with van der Waals surface area (Å²) in [5.74, 6) is 1.12. The van der Waals surface area contributed by atoms with Gasteiger partial charge in [-0.05, 0) is 19.3 Å². The lowest BCUT2D eigenvalue weighted by molar-refractivity contribution is 0.110. The van der Waals surface area contributed by atoms with Crippen molar-refractivity contribution in [1.82, 2.24) is 9.55 Å². The van der Waals surface area contributed by atoms with Gasteiger partial charge in [-0.25, -0.2) is 4.98 Å². The molecule has 1 aromatic rings. The molecule has 1 saturated carbocycles. The summed E-state index contributed by atoms with van der Waals surface area (Å²) in [5, 5.41) is 0. The van der Waals surface area contributed by atoms with Gasteiger partial charge >= 0.3 is 0 Å². The van der Waals surface area contributed by atoms with Gasteiger partial charge in [0.15, 0.2) is 6.29 Å². The lowest BCUT2D eigenvalue weighted by Gasteiger charge is -2.36. The fourth-order valence-corrected chi connectivity index (χ4v) is 3.35. The zero-order valence-electron chi connectivity index (χ0n) is 8.91. The van der Waals surface area contributed by atoms with Crippen LogP contribution in [0.1, 0.15) is 54.8 Å². The summed E-state index contributed by atoms with van der Waals surface area (Å²) in [5.41, 5.74) is 1.03. The van der Waals surface area contributed by atoms with Crippen LogP contribution in [-0.2, 0) is 12.0 Å². The van der Waals surface area contributed by atoms with Crippen molar-refractivity contribution in [2.45, 2.75) is 50.5 Å². The van der Waals surface area contributed by atoms with Gasteiger partial charge in [-0.3, -0.25) is 4.79 Å². The molecule has 0 atom stereocenters. The standard InChI is InChI=1S/C12H16N2O/c15-9-10-8-13-11-4-7-12(14(10)11)5-2-1-3-6-12/h8-9H,1-7H2. The second-order valence-corrected chi connectivity index (χ2v) is 4.84. The Morgan fingerprint density at radius 3 is 2.80 bits per heavy atom. The molecule has 3 rings (SSSR count). The van der Waals surface area contributed by atoms with Crippen molar-refractivity contribution in [3.8, 4) is 0 Å². The molecule has 1 fully saturated rings. The molecule has 1 aromatic heterocycles. The monoisotopic (exact) mass is 204 g/mol. The van der Waals surface area contributed by atoms with E-state index < -0.39 is 0 Å². The van der Waals surface area contributed by atoms with E-state index in [0.29, 0.717) is 0 Å². The van der Waals surface area contributed by atoms with Crippen LogP contribution in [-0.4, -0.2) is 15.8 Å². The van der Waals surface area contributed by atoms with Gasteiger partial charge in [-0.15, -0.1) is 0 Å². The first-order valence-corrected chi connectivity index (χ1v) is 5.88. The Morgan fingerprint density at radius 2 is 2.07 bits per heavy atom. The molecule has 0 bridgehead atoms. The molecule has 2 heterocycles. The summed E-state index contributed by atoms with van der Waals surface area (Å²) < 4.78 is 2.24. The molecule has 0 aromatic carbocycles. The van der Waals surface area contributed by atoms with E-state index in [1.807, 2.05) is 0 Å². The highest BCUT2D eigenvalue weighted by Gasteiger charge is 2.40. The number of fused-ring (bicyclic) bond motifs is 2. The molecule has 3 heteroatoms. The van der Waals surface area contributed by atoms with Crippen LogP contribution < -0.4 is 0 Å². The molecule has 0 radical (unpaired) electrons. The molecule has 1 spiro atoms. The van der Waals surface area contributed by atoms with Crippen molar-refractivity contribution in [2.24, 2.45) is 0 Å². The van der Waals surface area contributed by atoms with Gasteiger partial charge in [0.05, 0.1) is 6.20 Å². The Kier molecular flexibility index (Phi) is 1.94. The highest BCUT2D eigenvalue weighted by atomic mass is 16.1. The van der Waals surface area contributed by atoms with Gasteiger partial charge in [0.1, 0.15) is 11.5 Å². The number of aldehydes is 1. The molecule has 2 aliphatic rings. The first-order valence-electron chi connectivity index (χ1n) is 5.88. The fraction of sp³-hybridized carbons (Fsp3) is 0.667. The molecule has 0 saturated heterocycles. The average Bonchev–Trinajstić information content (AvgIpc) is 2.83. The molecule has 0 N–H and O–H groups in total. The van der Waals surface area contributed by atoms with Gasteiger partial charge in [0, 0.05) is 12.0 Å². The van der Waals surface area contributed by atoms with Gasteiger partial charge in [0.2, 0.25) is 0 Å². The second kappa shape index (κ2) is 3.19. The summed E-state index contributed by atoms with van der Waals surface area (Å²) in [7, 11) is 0. The second-order valence-electron chi connectivity index (χ2n) is 4.84. The maximum atomic E-state index is 11.0. The molecule has 1 aliphatic carbocycles. The lowest BCUT2D eigenvalue weighted by atomic mass is 9.80. The Morgan fingerprint density at radius 1 is 1.27 bits per heavy atom. The summed E-state index contributed by atoms with van der Waals surface area (Å²) in [4.78, 5) is 15.3. The number of carbonyl (C=O) groups is 1. The number of rotatable bonds is 1. The number of hydrogen-bond donors (Lipinski definition) is 0. The third kappa shape index (κ3) is 1.18. The SMILES string of the molecule is O=Cc1cnc2n1C1(CCCCC1)CC2. The minimum atomic E-state index is 0.250. The van der Waals surface area contributed by atoms with Crippen LogP contribution in [0.5, 0.6) is 0 Å². The van der Waals surface area contributed by atoms with Crippen LogP contribution in [0.15, 0.2) is 6.20 Å². The Labute approximate surface area is 89.5 Å². The highest BCUT2D eigenvalue weighted by Crippen LogP contribution is 2.44. The van der Waals surface area contributed by atoms with Gasteiger partial charge in [-0.1, -0.05) is 19.3 Å². The van der Waals surface area contributed by atoms with Crippen molar-refractivity contribution in [3.05, 3.63) is 17.7 Å². The van der Waals surface area contributed by atoms with E-state index in [1.54, 1.807) is 6.20 Å². The van der Waals surface area contributed by atoms with E-state index in [-0.39, 0.29) is 5.54 Å². The van der Waals surface area contributed by atoms with Crippen molar-refractivity contribution >= 4 is 6.29 Å². The third-order valence-corrected chi connectivity index (χ3v) is 4.06. The topological polar surface area (TPSA) is 34.9 Å². The van der Waals surface area contributed by atoms with Crippen LogP contribution >= 0.6 is 0 Å². The lowest BCUT2D eigenvalue weighted by Crippen LogP contribution is -2.33. The highest BCUT2D eigenvalue weighted by molar-refractivity contribution is 5.72. The number of imidazole rings is 1. The number of aryl methyl sites for hydroxylation is 1. The number of hydrogen-bond acceptors (Lipinski definition) is 2. The molecule has 0 amide bonds. The first-order chi connectivity index (χ1) is 7.36. The normalized spacial score (nSPS) is 22.9. The maximum Gasteiger partial charge on any atom is 0.168 e. The van der Waals surface area contributed by atoms with Crippen molar-refractivity contribution in [3.63, 3.8) is 0 Å². The predicted molar refractivity (Wildman–Crippen MR) is 57.0 cm³/mol. The van der Waals surface area contributed by atoms with Crippen LogP contribution in [0.2, 0.25) is 0 Å². The maximum absolute atomic E-state index is 11.0. The number of carbonyl (C=O) groups excluding carboxylic acids is 1. The van der Waals surface area contributed by atoms with E-state index in [9.17, 15) is 4.79 Å². The van der Waals surface area contributed by atoms with E-state index in [1.165, 1.54) is 38.5 Å². The molecule has 1 aliphatic heterocycles. The molecule has 0 unspecified atom stereocenters. The van der Waals surface area contributed by atoms with E-state index in [2.05, 4.69) is 9.55 Å². The molecular weight excluding hydrogens is 188 g/mol. The molecule has 80 valence electrons. The van der Waals surface area contributed by atoms with Gasteiger partial charge in [0.25, 0.3) is 0 Å². The van der Waals surface area contributed by atoms with E-state index in [4.69, 9.17) is 0 Å². The molecule has 3 nitrogen and oxygen atoms in total. The summed E-state index contributed by atoms with van der Waals surface area (Å²) in [6.07, 6.45) is 11.4. The van der Waals surface area contributed by atoms with Crippen LogP contribution in [0.3, 0.4) is 0 Å². The zero-order chi connectivity index (χ0) is 10.3. The average molecular weight is 204 g/mol. The van der Waals surface area contributed by atoms with Crippen molar-refractivity contribution < 1.29 is 4.79 Å². The minimum absolute atomic E-state index is 0.250. The largest absolute Gasteiger partial charge is 0.320 e. The first kappa shape index (κ1) is 9.13. The van der Waals surface area contributed by atoms with E-state index in [0.717, 1.165) is 24.2 Å². The van der Waals surface area contributed by atoms with Crippen molar-refractivity contribution in [1.29, 1.82) is 0 Å². The Balaban J connectivity index is 2.07. The van der Waals surface area contributed by atoms with Crippen LogP contribution in [0, 0.1) is 0 Å². The number of nitrogens with zero attached hydrogens (tertiary/aromatic N) is 2. The zero-order valence-corrected chi connectivity index (χ0v) is 8.91. The van der Waals surface area contributed by atoms with Crippen LogP contribution in [0.4, 0.5) is 0 Å². The van der Waals surface area contributed by atoms with Crippen molar-refractivity contribution in [2.75, 3.05) is 0 Å². The van der Waals surface area contributed by atoms with Crippen LogP contribution in [0.25, 0.3) is 0 Å². The smallest absolute Gasteiger partial charge is 0.168 e. The summed E-state index contributed by atoms with van der Waals surface area (Å²) in [6, 6.07) is 0. The van der Waals surface area contributed by atoms with Gasteiger partial charge < -0.3 is 4.57 Å². The minimum Gasteiger partial charge on any atom is -0.320 e. The third-order valence-electron chi connectivity index (χ3n) is 4.06. The Bertz CT molecular complexity index is 388. The van der Waals surface area contributed by atoms with Gasteiger partial charge in [-0.2, -0.15) is 0 Å². The molecular formula is C12H16N2O. The fourth-order valence-electron chi connectivity index (χ4n) is 3.35. The Hall–Kier alpha value is -1.12. The predicted octanol–water partition coefficient (Wildman–Crippen LogP) is 2.30. The number of aromatic nitrogens is 2. The quantitative estimate of drug-likeness (QED) is 0.658.